The van der Waals surface area contributed by atoms with Crippen LogP contribution in [0.2, 0.25) is 5.02 Å². The Morgan fingerprint density at radius 2 is 2.06 bits per heavy atom. The molecule has 178 valence electrons. The van der Waals surface area contributed by atoms with Gasteiger partial charge in [0.2, 0.25) is 11.8 Å². The minimum atomic E-state index is -0.470. The van der Waals surface area contributed by atoms with Crippen LogP contribution in [0.1, 0.15) is 24.1 Å². The van der Waals surface area contributed by atoms with E-state index in [0.717, 1.165) is 0 Å². The number of halogens is 2. The van der Waals surface area contributed by atoms with Crippen molar-refractivity contribution in [2.45, 2.75) is 19.4 Å². The highest BCUT2D eigenvalue weighted by Gasteiger charge is 2.20. The Morgan fingerprint density at radius 1 is 1.31 bits per heavy atom. The fourth-order valence-corrected chi connectivity index (χ4v) is 3.74. The van der Waals surface area contributed by atoms with Crippen LogP contribution in [-0.4, -0.2) is 32.6 Å². The number of hydrogen-bond acceptors (Lipinski definition) is 7. The number of carbonyl (C=O) groups excluding carboxylic acids is 1. The molecule has 0 fully saturated rings. The molecule has 0 spiro atoms. The van der Waals surface area contributed by atoms with Gasteiger partial charge in [0.05, 0.1) is 24.1 Å². The second-order valence-electron chi connectivity index (χ2n) is 7.82. The number of aromatic nitrogens is 3. The summed E-state index contributed by atoms with van der Waals surface area (Å²) in [5, 5.41) is 30.0. The Balaban J connectivity index is 1.45. The molecule has 2 aromatic heterocycles. The summed E-state index contributed by atoms with van der Waals surface area (Å²) in [5.41, 5.74) is 8.84. The number of anilines is 2. The standard InChI is InChI=1S/C24H20ClFN6O3/c1-13(12-33)32-24(28)18(11-27)23(30-32)15-4-2-14(3-5-15)8-21(34)29-22-10-20(31-35-22)17-7-6-16(26)9-19(17)25/h2-7,9-10,13,33H,8,12,28H2,1H3,(H,29,34). The molecule has 1 atom stereocenters. The normalized spacial score (nSPS) is 11.7. The molecule has 2 heterocycles. The van der Waals surface area contributed by atoms with Crippen LogP contribution in [0.3, 0.4) is 0 Å². The third-order valence-corrected chi connectivity index (χ3v) is 5.63. The largest absolute Gasteiger partial charge is 0.394 e. The summed E-state index contributed by atoms with van der Waals surface area (Å²) >= 11 is 6.04. The average molecular weight is 495 g/mol. The number of rotatable bonds is 7. The molecule has 1 unspecified atom stereocenters. The Hall–Kier alpha value is -4.20. The van der Waals surface area contributed by atoms with Crippen molar-refractivity contribution in [3.05, 3.63) is 70.5 Å². The SMILES string of the molecule is CC(CO)n1nc(-c2ccc(CC(=O)Nc3cc(-c4ccc(F)cc4Cl)no3)cc2)c(C#N)c1N. The second-order valence-corrected chi connectivity index (χ2v) is 8.23. The van der Waals surface area contributed by atoms with Crippen molar-refractivity contribution in [2.24, 2.45) is 0 Å². The first-order valence-electron chi connectivity index (χ1n) is 10.5. The zero-order valence-corrected chi connectivity index (χ0v) is 19.3. The van der Waals surface area contributed by atoms with Crippen LogP contribution >= 0.6 is 11.6 Å². The summed E-state index contributed by atoms with van der Waals surface area (Å²) in [7, 11) is 0. The van der Waals surface area contributed by atoms with E-state index >= 15 is 0 Å². The van der Waals surface area contributed by atoms with Gasteiger partial charge in [0.1, 0.15) is 34.7 Å². The van der Waals surface area contributed by atoms with Crippen LogP contribution in [0.4, 0.5) is 16.1 Å². The van der Waals surface area contributed by atoms with Crippen molar-refractivity contribution in [3.63, 3.8) is 0 Å². The lowest BCUT2D eigenvalue weighted by Gasteiger charge is -2.09. The van der Waals surface area contributed by atoms with Crippen molar-refractivity contribution >= 4 is 29.2 Å². The van der Waals surface area contributed by atoms with Gasteiger partial charge in [0.25, 0.3) is 0 Å². The molecule has 0 saturated carbocycles. The molecule has 35 heavy (non-hydrogen) atoms. The van der Waals surface area contributed by atoms with E-state index in [-0.39, 0.29) is 47.3 Å². The summed E-state index contributed by atoms with van der Waals surface area (Å²) in [6.45, 7) is 1.57. The molecule has 0 aliphatic rings. The smallest absolute Gasteiger partial charge is 0.231 e. The van der Waals surface area contributed by atoms with Gasteiger partial charge in [-0.25, -0.2) is 9.07 Å². The fraction of sp³-hybridized carbons (Fsp3) is 0.167. The van der Waals surface area contributed by atoms with Gasteiger partial charge in [0.15, 0.2) is 0 Å². The van der Waals surface area contributed by atoms with E-state index in [2.05, 4.69) is 21.6 Å². The lowest BCUT2D eigenvalue weighted by Crippen LogP contribution is -2.14. The number of benzene rings is 2. The maximum atomic E-state index is 13.3. The second kappa shape index (κ2) is 9.97. The van der Waals surface area contributed by atoms with E-state index in [4.69, 9.17) is 21.9 Å². The predicted molar refractivity (Wildman–Crippen MR) is 128 cm³/mol. The minimum absolute atomic E-state index is 0.0524. The number of nitriles is 1. The topological polar surface area (TPSA) is 143 Å². The highest BCUT2D eigenvalue weighted by atomic mass is 35.5. The molecule has 0 aliphatic carbocycles. The maximum absolute atomic E-state index is 13.3. The van der Waals surface area contributed by atoms with Gasteiger partial charge in [-0.2, -0.15) is 10.4 Å². The van der Waals surface area contributed by atoms with E-state index in [9.17, 15) is 19.6 Å². The monoisotopic (exact) mass is 494 g/mol. The number of nitrogens with zero attached hydrogens (tertiary/aromatic N) is 4. The Kier molecular flexibility index (Phi) is 6.82. The number of carbonyl (C=O) groups is 1. The zero-order valence-electron chi connectivity index (χ0n) is 18.5. The van der Waals surface area contributed by atoms with Crippen LogP contribution in [0.25, 0.3) is 22.5 Å². The van der Waals surface area contributed by atoms with Gasteiger partial charge in [-0.15, -0.1) is 0 Å². The Morgan fingerprint density at radius 3 is 2.71 bits per heavy atom. The molecule has 2 aromatic carbocycles. The minimum Gasteiger partial charge on any atom is -0.394 e. The molecule has 0 aliphatic heterocycles. The fourth-order valence-electron chi connectivity index (χ4n) is 3.48. The molecular formula is C24H20ClFN6O3. The number of nitrogens with one attached hydrogen (secondary N) is 1. The highest BCUT2D eigenvalue weighted by Crippen LogP contribution is 2.30. The van der Waals surface area contributed by atoms with E-state index in [1.54, 1.807) is 31.2 Å². The Bertz CT molecular complexity index is 1420. The molecule has 0 saturated heterocycles. The molecule has 0 radical (unpaired) electrons. The van der Waals surface area contributed by atoms with Gasteiger partial charge < -0.3 is 15.4 Å². The van der Waals surface area contributed by atoms with E-state index in [1.165, 1.54) is 28.9 Å². The first-order chi connectivity index (χ1) is 16.8. The first-order valence-corrected chi connectivity index (χ1v) is 10.9. The predicted octanol–water partition coefficient (Wildman–Crippen LogP) is 4.19. The number of nitrogens with two attached hydrogens (primary N) is 1. The van der Waals surface area contributed by atoms with Gasteiger partial charge in [-0.05, 0) is 30.7 Å². The molecular weight excluding hydrogens is 475 g/mol. The van der Waals surface area contributed by atoms with Crippen molar-refractivity contribution in [1.29, 1.82) is 5.26 Å². The molecule has 1 amide bonds. The number of amides is 1. The summed E-state index contributed by atoms with van der Waals surface area (Å²) in [6, 6.07) is 14.0. The van der Waals surface area contributed by atoms with Crippen molar-refractivity contribution < 1.29 is 18.8 Å². The first kappa shape index (κ1) is 23.9. The molecule has 4 aromatic rings. The van der Waals surface area contributed by atoms with Crippen LogP contribution in [-0.2, 0) is 11.2 Å². The maximum Gasteiger partial charge on any atom is 0.231 e. The van der Waals surface area contributed by atoms with Crippen LogP contribution in [0.15, 0.2) is 53.1 Å². The summed E-state index contributed by atoms with van der Waals surface area (Å²) in [4.78, 5) is 12.5. The van der Waals surface area contributed by atoms with E-state index in [0.29, 0.717) is 28.1 Å². The number of aliphatic hydroxyl groups is 1. The Labute approximate surface area is 204 Å². The third kappa shape index (κ3) is 5.01. The summed E-state index contributed by atoms with van der Waals surface area (Å²) in [6.07, 6.45) is 0.0524. The number of hydrogen-bond donors (Lipinski definition) is 3. The molecule has 9 nitrogen and oxygen atoms in total. The molecule has 4 N–H and O–H groups in total. The lowest BCUT2D eigenvalue weighted by atomic mass is 10.0. The molecule has 4 rings (SSSR count). The number of aliphatic hydroxyl groups excluding tert-OH is 1. The van der Waals surface area contributed by atoms with E-state index < -0.39 is 5.82 Å². The van der Waals surface area contributed by atoms with Gasteiger partial charge in [-0.1, -0.05) is 41.0 Å². The van der Waals surface area contributed by atoms with Crippen molar-refractivity contribution in [1.82, 2.24) is 14.9 Å². The summed E-state index contributed by atoms with van der Waals surface area (Å²) in [5.74, 6) is -0.503. The summed E-state index contributed by atoms with van der Waals surface area (Å²) < 4.78 is 19.8. The van der Waals surface area contributed by atoms with Gasteiger partial charge in [0, 0.05) is 17.2 Å². The quantitative estimate of drug-likeness (QED) is 0.349. The lowest BCUT2D eigenvalue weighted by molar-refractivity contribution is -0.115. The van der Waals surface area contributed by atoms with Crippen LogP contribution < -0.4 is 11.1 Å². The molecule has 11 heteroatoms. The van der Waals surface area contributed by atoms with Gasteiger partial charge >= 0.3 is 0 Å². The van der Waals surface area contributed by atoms with Crippen molar-refractivity contribution in [2.75, 3.05) is 17.7 Å². The molecule has 0 bridgehead atoms. The third-order valence-electron chi connectivity index (χ3n) is 5.31. The highest BCUT2D eigenvalue weighted by molar-refractivity contribution is 6.33. The van der Waals surface area contributed by atoms with Crippen LogP contribution in [0.5, 0.6) is 0 Å². The van der Waals surface area contributed by atoms with Gasteiger partial charge in [-0.3, -0.25) is 10.1 Å². The van der Waals surface area contributed by atoms with E-state index in [1.807, 2.05) is 0 Å². The number of nitrogen functional groups attached to an aromatic ring is 1. The average Bonchev–Trinajstić information content (AvgIpc) is 3.42. The van der Waals surface area contributed by atoms with Crippen molar-refractivity contribution in [3.8, 4) is 28.6 Å². The van der Waals surface area contributed by atoms with Crippen LogP contribution in [0, 0.1) is 17.1 Å². The zero-order chi connectivity index (χ0) is 25.1.